The molecule has 0 bridgehead atoms. The van der Waals surface area contributed by atoms with Crippen molar-refractivity contribution in [2.24, 2.45) is 5.92 Å². The van der Waals surface area contributed by atoms with E-state index < -0.39 is 0 Å². The van der Waals surface area contributed by atoms with E-state index in [4.69, 9.17) is 0 Å². The van der Waals surface area contributed by atoms with E-state index >= 15 is 0 Å². The number of aryl methyl sites for hydroxylation is 1. The first kappa shape index (κ1) is 9.50. The molecule has 76 valence electrons. The molecule has 14 heavy (non-hydrogen) atoms. The number of aromatic nitrogens is 1. The number of nitrogens with one attached hydrogen (secondary N) is 1. The van der Waals surface area contributed by atoms with Gasteiger partial charge in [0.2, 0.25) is 0 Å². The highest BCUT2D eigenvalue weighted by molar-refractivity contribution is 5.47. The molecule has 0 aromatic carbocycles. The summed E-state index contributed by atoms with van der Waals surface area (Å²) in [5, 5.41) is 3.60. The maximum atomic E-state index is 4.28. The van der Waals surface area contributed by atoms with Gasteiger partial charge in [0.1, 0.15) is 0 Å². The Kier molecular flexibility index (Phi) is 2.71. The van der Waals surface area contributed by atoms with Crippen LogP contribution in [0.5, 0.6) is 0 Å². The fourth-order valence-electron chi connectivity index (χ4n) is 1.89. The van der Waals surface area contributed by atoms with Crippen molar-refractivity contribution in [2.75, 3.05) is 5.32 Å². The molecule has 2 rings (SSSR count). The standard InChI is InChI=1S/C12H18N2/c1-3-11(10-6-7-10)14-12-5-4-8-13-9(12)2/h4-5,8,10-11,14H,3,6-7H2,1-2H3. The van der Waals surface area contributed by atoms with Crippen molar-refractivity contribution in [3.8, 4) is 0 Å². The predicted molar refractivity (Wildman–Crippen MR) is 59.4 cm³/mol. The van der Waals surface area contributed by atoms with Gasteiger partial charge in [-0.15, -0.1) is 0 Å². The molecule has 1 N–H and O–H groups in total. The molecule has 0 amide bonds. The monoisotopic (exact) mass is 190 g/mol. The van der Waals surface area contributed by atoms with Crippen molar-refractivity contribution in [3.05, 3.63) is 24.0 Å². The molecule has 2 heteroatoms. The molecule has 0 aliphatic heterocycles. The molecule has 1 fully saturated rings. The van der Waals surface area contributed by atoms with Gasteiger partial charge < -0.3 is 5.32 Å². The number of hydrogen-bond acceptors (Lipinski definition) is 2. The Labute approximate surface area is 85.7 Å². The second-order valence-corrected chi connectivity index (χ2v) is 4.13. The first-order chi connectivity index (χ1) is 6.81. The zero-order valence-electron chi connectivity index (χ0n) is 8.96. The van der Waals surface area contributed by atoms with Gasteiger partial charge in [0.05, 0.1) is 11.4 Å². The van der Waals surface area contributed by atoms with Crippen LogP contribution in [0.2, 0.25) is 0 Å². The summed E-state index contributed by atoms with van der Waals surface area (Å²) in [6.07, 6.45) is 5.84. The molecule has 1 saturated carbocycles. The average molecular weight is 190 g/mol. The smallest absolute Gasteiger partial charge is 0.0603 e. The van der Waals surface area contributed by atoms with Gasteiger partial charge in [0.25, 0.3) is 0 Å². The van der Waals surface area contributed by atoms with Crippen LogP contribution in [0.3, 0.4) is 0 Å². The summed E-state index contributed by atoms with van der Waals surface area (Å²) in [6, 6.07) is 4.76. The summed E-state index contributed by atoms with van der Waals surface area (Å²) in [5.41, 5.74) is 2.30. The number of nitrogens with zero attached hydrogens (tertiary/aromatic N) is 1. The third-order valence-electron chi connectivity index (χ3n) is 2.98. The molecule has 0 radical (unpaired) electrons. The number of anilines is 1. The molecular weight excluding hydrogens is 172 g/mol. The molecule has 1 aromatic heterocycles. The largest absolute Gasteiger partial charge is 0.381 e. The van der Waals surface area contributed by atoms with Gasteiger partial charge in [0.15, 0.2) is 0 Å². The van der Waals surface area contributed by atoms with E-state index in [2.05, 4.69) is 30.2 Å². The first-order valence-corrected chi connectivity index (χ1v) is 5.49. The van der Waals surface area contributed by atoms with Crippen LogP contribution >= 0.6 is 0 Å². The van der Waals surface area contributed by atoms with Crippen molar-refractivity contribution in [1.29, 1.82) is 0 Å². The van der Waals surface area contributed by atoms with Crippen LogP contribution in [-0.4, -0.2) is 11.0 Å². The minimum Gasteiger partial charge on any atom is -0.381 e. The molecule has 1 aromatic rings. The molecule has 1 aliphatic rings. The topological polar surface area (TPSA) is 24.9 Å². The molecule has 1 heterocycles. The van der Waals surface area contributed by atoms with Crippen LogP contribution in [0.25, 0.3) is 0 Å². The minimum atomic E-state index is 0.651. The van der Waals surface area contributed by atoms with Crippen LogP contribution in [0.4, 0.5) is 5.69 Å². The maximum Gasteiger partial charge on any atom is 0.0603 e. The summed E-state index contributed by atoms with van der Waals surface area (Å²) in [5.74, 6) is 0.902. The fraction of sp³-hybridized carbons (Fsp3) is 0.583. The van der Waals surface area contributed by atoms with Gasteiger partial charge in [-0.3, -0.25) is 4.98 Å². The lowest BCUT2D eigenvalue weighted by atomic mass is 10.1. The second kappa shape index (κ2) is 3.99. The summed E-state index contributed by atoms with van der Waals surface area (Å²) >= 11 is 0. The van der Waals surface area contributed by atoms with E-state index in [-0.39, 0.29) is 0 Å². The molecule has 0 spiro atoms. The van der Waals surface area contributed by atoms with E-state index in [1.807, 2.05) is 12.3 Å². The van der Waals surface area contributed by atoms with Gasteiger partial charge in [-0.25, -0.2) is 0 Å². The molecule has 0 saturated heterocycles. The van der Waals surface area contributed by atoms with Crippen LogP contribution in [0.15, 0.2) is 18.3 Å². The molecule has 1 aliphatic carbocycles. The minimum absolute atomic E-state index is 0.651. The molecule has 1 unspecified atom stereocenters. The highest BCUT2D eigenvalue weighted by Gasteiger charge is 2.29. The van der Waals surface area contributed by atoms with Crippen LogP contribution in [0, 0.1) is 12.8 Å². The first-order valence-electron chi connectivity index (χ1n) is 5.49. The van der Waals surface area contributed by atoms with Crippen LogP contribution in [0.1, 0.15) is 31.9 Å². The Morgan fingerprint density at radius 3 is 2.93 bits per heavy atom. The maximum absolute atomic E-state index is 4.28. The summed E-state index contributed by atoms with van der Waals surface area (Å²) < 4.78 is 0. The third-order valence-corrected chi connectivity index (χ3v) is 2.98. The van der Waals surface area contributed by atoms with Crippen LogP contribution < -0.4 is 5.32 Å². The van der Waals surface area contributed by atoms with E-state index in [0.717, 1.165) is 11.6 Å². The Hall–Kier alpha value is -1.05. The normalized spacial score (nSPS) is 17.9. The highest BCUT2D eigenvalue weighted by atomic mass is 15.0. The Bertz CT molecular complexity index is 305. The van der Waals surface area contributed by atoms with Crippen molar-refractivity contribution in [1.82, 2.24) is 4.98 Å². The Morgan fingerprint density at radius 2 is 2.36 bits per heavy atom. The van der Waals surface area contributed by atoms with Gasteiger partial charge in [-0.2, -0.15) is 0 Å². The summed E-state index contributed by atoms with van der Waals surface area (Å²) in [4.78, 5) is 4.28. The van der Waals surface area contributed by atoms with Crippen LogP contribution in [-0.2, 0) is 0 Å². The Balaban J connectivity index is 2.04. The lowest BCUT2D eigenvalue weighted by Gasteiger charge is -2.18. The zero-order valence-corrected chi connectivity index (χ0v) is 8.96. The van der Waals surface area contributed by atoms with Gasteiger partial charge in [-0.1, -0.05) is 6.92 Å². The summed E-state index contributed by atoms with van der Waals surface area (Å²) in [6.45, 7) is 4.31. The lowest BCUT2D eigenvalue weighted by molar-refractivity contribution is 0.615. The SMILES string of the molecule is CCC(Nc1cccnc1C)C1CC1. The van der Waals surface area contributed by atoms with E-state index in [1.165, 1.54) is 24.9 Å². The zero-order chi connectivity index (χ0) is 9.97. The second-order valence-electron chi connectivity index (χ2n) is 4.13. The van der Waals surface area contributed by atoms with E-state index in [1.54, 1.807) is 0 Å². The molecule has 2 nitrogen and oxygen atoms in total. The average Bonchev–Trinajstić information content (AvgIpc) is 3.00. The summed E-state index contributed by atoms with van der Waals surface area (Å²) in [7, 11) is 0. The quantitative estimate of drug-likeness (QED) is 0.789. The Morgan fingerprint density at radius 1 is 1.57 bits per heavy atom. The van der Waals surface area contributed by atoms with Gasteiger partial charge >= 0.3 is 0 Å². The van der Waals surface area contributed by atoms with E-state index in [0.29, 0.717) is 6.04 Å². The van der Waals surface area contributed by atoms with Gasteiger partial charge in [-0.05, 0) is 44.2 Å². The third kappa shape index (κ3) is 2.06. The molecular formula is C12H18N2. The fourth-order valence-corrected chi connectivity index (χ4v) is 1.89. The predicted octanol–water partition coefficient (Wildman–Crippen LogP) is 2.99. The number of hydrogen-bond donors (Lipinski definition) is 1. The van der Waals surface area contributed by atoms with Gasteiger partial charge in [0, 0.05) is 12.2 Å². The van der Waals surface area contributed by atoms with Crippen molar-refractivity contribution >= 4 is 5.69 Å². The number of rotatable bonds is 4. The van der Waals surface area contributed by atoms with E-state index in [9.17, 15) is 0 Å². The molecule has 1 atom stereocenters. The van der Waals surface area contributed by atoms with Crippen molar-refractivity contribution in [3.63, 3.8) is 0 Å². The highest BCUT2D eigenvalue weighted by Crippen LogP contribution is 2.35. The van der Waals surface area contributed by atoms with Crippen molar-refractivity contribution in [2.45, 2.75) is 39.2 Å². The number of pyridine rings is 1. The lowest BCUT2D eigenvalue weighted by Crippen LogP contribution is -2.21. The van der Waals surface area contributed by atoms with Crippen molar-refractivity contribution < 1.29 is 0 Å².